The summed E-state index contributed by atoms with van der Waals surface area (Å²) in [5.74, 6) is 0.459. The second kappa shape index (κ2) is 6.57. The van der Waals surface area contributed by atoms with E-state index < -0.39 is 0 Å². The van der Waals surface area contributed by atoms with Crippen LogP contribution in [0.4, 0.5) is 5.69 Å². The fourth-order valence-corrected chi connectivity index (χ4v) is 2.37. The van der Waals surface area contributed by atoms with Gasteiger partial charge < -0.3 is 10.2 Å². The molecule has 0 aliphatic heterocycles. The highest BCUT2D eigenvalue weighted by Crippen LogP contribution is 2.23. The molecule has 1 heterocycles. The van der Waals surface area contributed by atoms with Crippen LogP contribution in [0, 0.1) is 5.92 Å². The number of para-hydroxylation sites is 1. The van der Waals surface area contributed by atoms with Crippen LogP contribution in [-0.2, 0) is 0 Å². The van der Waals surface area contributed by atoms with Gasteiger partial charge in [0.05, 0.1) is 5.52 Å². The Morgan fingerprint density at radius 2 is 2.10 bits per heavy atom. The number of carbonyl (C=O) groups excluding carboxylic acids is 1. The molecule has 0 bridgehead atoms. The number of hydrogen-bond acceptors (Lipinski definition) is 3. The van der Waals surface area contributed by atoms with Crippen LogP contribution in [0.2, 0.25) is 0 Å². The molecule has 0 aliphatic carbocycles. The van der Waals surface area contributed by atoms with E-state index in [1.165, 1.54) is 0 Å². The van der Waals surface area contributed by atoms with Crippen LogP contribution < -0.4 is 5.32 Å². The molecule has 1 aromatic carbocycles. The maximum atomic E-state index is 12.5. The number of carbonyl (C=O) groups is 1. The quantitative estimate of drug-likeness (QED) is 0.916. The van der Waals surface area contributed by atoms with E-state index in [4.69, 9.17) is 0 Å². The van der Waals surface area contributed by atoms with Gasteiger partial charge in [0.15, 0.2) is 0 Å². The number of anilines is 1. The summed E-state index contributed by atoms with van der Waals surface area (Å²) >= 11 is 0. The highest BCUT2D eigenvalue weighted by atomic mass is 16.2. The number of nitrogens with zero attached hydrogens (tertiary/aromatic N) is 2. The molecule has 21 heavy (non-hydrogen) atoms. The van der Waals surface area contributed by atoms with E-state index in [0.29, 0.717) is 11.6 Å². The fraction of sp³-hybridized carbons (Fsp3) is 0.412. The molecule has 0 fully saturated rings. The van der Waals surface area contributed by atoms with Crippen molar-refractivity contribution in [1.29, 1.82) is 0 Å². The van der Waals surface area contributed by atoms with Crippen molar-refractivity contribution in [3.05, 3.63) is 36.0 Å². The summed E-state index contributed by atoms with van der Waals surface area (Å²) in [4.78, 5) is 18.8. The molecule has 1 N–H and O–H groups in total. The SMILES string of the molecule is CCC(C)CN(C)C(=O)c1cc(NC)c2ccccc2n1. The molecule has 0 aliphatic rings. The average Bonchev–Trinajstić information content (AvgIpc) is 2.52. The van der Waals surface area contributed by atoms with Crippen LogP contribution in [0.3, 0.4) is 0 Å². The average molecular weight is 285 g/mol. The number of fused-ring (bicyclic) bond motifs is 1. The number of benzene rings is 1. The molecule has 1 unspecified atom stereocenters. The summed E-state index contributed by atoms with van der Waals surface area (Å²) in [6, 6.07) is 9.68. The Labute approximate surface area is 126 Å². The lowest BCUT2D eigenvalue weighted by Gasteiger charge is -2.21. The third-order valence-electron chi connectivity index (χ3n) is 3.83. The van der Waals surface area contributed by atoms with Gasteiger partial charge in [-0.05, 0) is 18.1 Å². The molecule has 1 atom stereocenters. The van der Waals surface area contributed by atoms with Crippen LogP contribution in [0.25, 0.3) is 10.9 Å². The Morgan fingerprint density at radius 3 is 2.76 bits per heavy atom. The second-order valence-electron chi connectivity index (χ2n) is 5.52. The largest absolute Gasteiger partial charge is 0.388 e. The van der Waals surface area contributed by atoms with E-state index in [0.717, 1.165) is 29.6 Å². The zero-order valence-electron chi connectivity index (χ0n) is 13.2. The van der Waals surface area contributed by atoms with E-state index in [9.17, 15) is 4.79 Å². The van der Waals surface area contributed by atoms with Gasteiger partial charge in [-0.3, -0.25) is 4.79 Å². The molecule has 0 saturated carbocycles. The van der Waals surface area contributed by atoms with Crippen LogP contribution >= 0.6 is 0 Å². The first kappa shape index (κ1) is 15.3. The second-order valence-corrected chi connectivity index (χ2v) is 5.52. The lowest BCUT2D eigenvalue weighted by molar-refractivity contribution is 0.0769. The van der Waals surface area contributed by atoms with E-state index in [-0.39, 0.29) is 5.91 Å². The van der Waals surface area contributed by atoms with Crippen LogP contribution in [0.5, 0.6) is 0 Å². The van der Waals surface area contributed by atoms with Crippen molar-refractivity contribution >= 4 is 22.5 Å². The summed E-state index contributed by atoms with van der Waals surface area (Å²) in [6.07, 6.45) is 1.06. The Hall–Kier alpha value is -2.10. The summed E-state index contributed by atoms with van der Waals surface area (Å²) in [7, 11) is 3.70. The molecular formula is C17H23N3O. The normalized spacial score (nSPS) is 12.2. The minimum Gasteiger partial charge on any atom is -0.388 e. The third kappa shape index (κ3) is 3.32. The molecule has 2 rings (SSSR count). The van der Waals surface area contributed by atoms with Gasteiger partial charge in [0, 0.05) is 31.7 Å². The van der Waals surface area contributed by atoms with Crippen LogP contribution in [-0.4, -0.2) is 36.4 Å². The Morgan fingerprint density at radius 1 is 1.38 bits per heavy atom. The van der Waals surface area contributed by atoms with Gasteiger partial charge in [-0.2, -0.15) is 0 Å². The first-order valence-corrected chi connectivity index (χ1v) is 7.39. The van der Waals surface area contributed by atoms with Crippen molar-refractivity contribution in [3.63, 3.8) is 0 Å². The number of rotatable bonds is 5. The van der Waals surface area contributed by atoms with Gasteiger partial charge in [0.1, 0.15) is 5.69 Å². The smallest absolute Gasteiger partial charge is 0.272 e. The molecule has 1 aromatic heterocycles. The van der Waals surface area contributed by atoms with Gasteiger partial charge in [0.2, 0.25) is 0 Å². The topological polar surface area (TPSA) is 45.2 Å². The monoisotopic (exact) mass is 285 g/mol. The maximum Gasteiger partial charge on any atom is 0.272 e. The number of amides is 1. The van der Waals surface area contributed by atoms with Crippen molar-refractivity contribution in [2.45, 2.75) is 20.3 Å². The Balaban J connectivity index is 2.35. The highest BCUT2D eigenvalue weighted by molar-refractivity contribution is 5.99. The standard InChI is InChI=1S/C17H23N3O/c1-5-12(2)11-20(4)17(21)16-10-15(18-3)13-8-6-7-9-14(13)19-16/h6-10,12H,5,11H2,1-4H3,(H,18,19). The summed E-state index contributed by atoms with van der Waals surface area (Å²) in [6.45, 7) is 5.03. The highest BCUT2D eigenvalue weighted by Gasteiger charge is 2.17. The van der Waals surface area contributed by atoms with Gasteiger partial charge >= 0.3 is 0 Å². The summed E-state index contributed by atoms with van der Waals surface area (Å²) in [5.41, 5.74) is 2.26. The van der Waals surface area contributed by atoms with Crippen molar-refractivity contribution in [1.82, 2.24) is 9.88 Å². The van der Waals surface area contributed by atoms with Crippen molar-refractivity contribution in [2.24, 2.45) is 5.92 Å². The molecule has 112 valence electrons. The number of hydrogen-bond donors (Lipinski definition) is 1. The predicted octanol–water partition coefficient (Wildman–Crippen LogP) is 3.39. The van der Waals surface area contributed by atoms with Crippen molar-refractivity contribution in [2.75, 3.05) is 26.0 Å². The van der Waals surface area contributed by atoms with Gasteiger partial charge in [-0.25, -0.2) is 4.98 Å². The molecule has 0 saturated heterocycles. The Kier molecular flexibility index (Phi) is 4.78. The molecule has 4 nitrogen and oxygen atoms in total. The zero-order valence-corrected chi connectivity index (χ0v) is 13.2. The predicted molar refractivity (Wildman–Crippen MR) is 87.7 cm³/mol. The first-order valence-electron chi connectivity index (χ1n) is 7.39. The van der Waals surface area contributed by atoms with E-state index in [2.05, 4.69) is 24.1 Å². The molecule has 2 aromatic rings. The third-order valence-corrected chi connectivity index (χ3v) is 3.83. The fourth-order valence-electron chi connectivity index (χ4n) is 2.37. The Bertz CT molecular complexity index is 639. The molecular weight excluding hydrogens is 262 g/mol. The van der Waals surface area contributed by atoms with Crippen molar-refractivity contribution < 1.29 is 4.79 Å². The number of nitrogens with one attached hydrogen (secondary N) is 1. The maximum absolute atomic E-state index is 12.5. The van der Waals surface area contributed by atoms with Crippen molar-refractivity contribution in [3.8, 4) is 0 Å². The van der Waals surface area contributed by atoms with Gasteiger partial charge in [0.25, 0.3) is 5.91 Å². The van der Waals surface area contributed by atoms with Gasteiger partial charge in [-0.15, -0.1) is 0 Å². The van der Waals surface area contributed by atoms with Gasteiger partial charge in [-0.1, -0.05) is 38.5 Å². The van der Waals surface area contributed by atoms with Crippen LogP contribution in [0.15, 0.2) is 30.3 Å². The zero-order chi connectivity index (χ0) is 15.4. The number of aromatic nitrogens is 1. The molecule has 0 radical (unpaired) electrons. The molecule has 0 spiro atoms. The summed E-state index contributed by atoms with van der Waals surface area (Å²) < 4.78 is 0. The van der Waals surface area contributed by atoms with E-state index in [1.807, 2.05) is 44.4 Å². The molecule has 1 amide bonds. The lowest BCUT2D eigenvalue weighted by Crippen LogP contribution is -2.31. The molecule has 4 heteroatoms. The minimum atomic E-state index is -0.0300. The first-order chi connectivity index (χ1) is 10.1. The number of pyridine rings is 1. The minimum absolute atomic E-state index is 0.0300. The van der Waals surface area contributed by atoms with E-state index in [1.54, 1.807) is 4.90 Å². The lowest BCUT2D eigenvalue weighted by atomic mass is 10.1. The summed E-state index contributed by atoms with van der Waals surface area (Å²) in [5, 5.41) is 4.17. The van der Waals surface area contributed by atoms with Crippen LogP contribution in [0.1, 0.15) is 30.8 Å². The van der Waals surface area contributed by atoms with E-state index >= 15 is 0 Å².